The number of rotatable bonds is 1. The molecule has 0 saturated carbocycles. The predicted octanol–water partition coefficient (Wildman–Crippen LogP) is 4.07. The Bertz CT molecular complexity index is 786. The molecule has 1 N–H and O–H groups in total. The van der Waals surface area contributed by atoms with E-state index < -0.39 is 17.7 Å². The zero-order chi connectivity index (χ0) is 13.6. The van der Waals surface area contributed by atoms with E-state index in [1.165, 1.54) is 6.07 Å². The molecule has 0 aliphatic carbocycles. The van der Waals surface area contributed by atoms with Gasteiger partial charge in [0.15, 0.2) is 0 Å². The van der Waals surface area contributed by atoms with Crippen LogP contribution in [-0.4, -0.2) is 16.9 Å². The predicted molar refractivity (Wildman–Crippen MR) is 66.2 cm³/mol. The molecule has 0 fully saturated rings. The summed E-state index contributed by atoms with van der Waals surface area (Å²) in [5, 5.41) is 2.29. The van der Waals surface area contributed by atoms with E-state index in [1.54, 1.807) is 18.2 Å². The molecular formula is C14H8F3NO. The fourth-order valence-electron chi connectivity index (χ4n) is 2.15. The van der Waals surface area contributed by atoms with Crippen molar-refractivity contribution in [3.8, 4) is 0 Å². The summed E-state index contributed by atoms with van der Waals surface area (Å²) in [6, 6.07) is 12.1. The lowest BCUT2D eigenvalue weighted by molar-refractivity contribution is -0.0887. The van der Waals surface area contributed by atoms with Crippen LogP contribution in [0.5, 0.6) is 0 Å². The first-order valence-electron chi connectivity index (χ1n) is 5.59. The third-order valence-corrected chi connectivity index (χ3v) is 3.02. The number of H-pyrrole nitrogens is 1. The Morgan fingerprint density at radius 1 is 1.00 bits per heavy atom. The highest BCUT2D eigenvalue weighted by Crippen LogP contribution is 2.28. The number of ketones is 1. The van der Waals surface area contributed by atoms with Gasteiger partial charge in [-0.2, -0.15) is 13.2 Å². The lowest BCUT2D eigenvalue weighted by Crippen LogP contribution is -2.22. The normalized spacial score (nSPS) is 12.2. The maximum atomic E-state index is 12.4. The molecule has 1 aromatic heterocycles. The number of benzene rings is 2. The molecule has 0 atom stereocenters. The summed E-state index contributed by atoms with van der Waals surface area (Å²) in [5.74, 6) is -1.85. The van der Waals surface area contributed by atoms with Gasteiger partial charge in [-0.3, -0.25) is 4.79 Å². The number of carbonyl (C=O) groups is 1. The van der Waals surface area contributed by atoms with Crippen molar-refractivity contribution in [2.24, 2.45) is 0 Å². The second-order valence-electron chi connectivity index (χ2n) is 4.26. The Morgan fingerprint density at radius 2 is 1.68 bits per heavy atom. The lowest BCUT2D eigenvalue weighted by atomic mass is 10.1. The van der Waals surface area contributed by atoms with Crippen molar-refractivity contribution < 1.29 is 18.0 Å². The Kier molecular flexibility index (Phi) is 2.38. The maximum absolute atomic E-state index is 12.4. The Morgan fingerprint density at radius 3 is 2.42 bits per heavy atom. The van der Waals surface area contributed by atoms with Crippen molar-refractivity contribution in [3.63, 3.8) is 0 Å². The molecule has 0 radical (unpaired) electrons. The van der Waals surface area contributed by atoms with E-state index in [-0.39, 0.29) is 0 Å². The topological polar surface area (TPSA) is 32.9 Å². The number of hydrogen-bond acceptors (Lipinski definition) is 1. The van der Waals surface area contributed by atoms with Gasteiger partial charge < -0.3 is 4.98 Å². The SMILES string of the molecule is O=C(c1cc2ccc3ccccc3c2[nH]1)C(F)(F)F. The van der Waals surface area contributed by atoms with Gasteiger partial charge in [0.2, 0.25) is 0 Å². The smallest absolute Gasteiger partial charge is 0.351 e. The van der Waals surface area contributed by atoms with E-state index in [0.717, 1.165) is 10.8 Å². The van der Waals surface area contributed by atoms with E-state index in [9.17, 15) is 18.0 Å². The fourth-order valence-corrected chi connectivity index (χ4v) is 2.15. The maximum Gasteiger partial charge on any atom is 0.456 e. The molecule has 1 heterocycles. The minimum Gasteiger partial charge on any atom is -0.351 e. The molecule has 2 nitrogen and oxygen atoms in total. The van der Waals surface area contributed by atoms with Gasteiger partial charge >= 0.3 is 6.18 Å². The number of aromatic amines is 1. The number of carbonyl (C=O) groups excluding carboxylic acids is 1. The van der Waals surface area contributed by atoms with E-state index in [2.05, 4.69) is 4.98 Å². The molecule has 0 bridgehead atoms. The average molecular weight is 263 g/mol. The van der Waals surface area contributed by atoms with Crippen molar-refractivity contribution in [1.29, 1.82) is 0 Å². The zero-order valence-corrected chi connectivity index (χ0v) is 9.58. The minimum atomic E-state index is -4.86. The van der Waals surface area contributed by atoms with Crippen LogP contribution in [0.25, 0.3) is 21.7 Å². The number of aromatic nitrogens is 1. The molecule has 96 valence electrons. The van der Waals surface area contributed by atoms with Crippen LogP contribution in [0.15, 0.2) is 42.5 Å². The van der Waals surface area contributed by atoms with E-state index in [4.69, 9.17) is 0 Å². The molecule has 0 saturated heterocycles. The van der Waals surface area contributed by atoms with Crippen molar-refractivity contribution in [3.05, 3.63) is 48.2 Å². The lowest BCUT2D eigenvalue weighted by Gasteiger charge is -2.01. The summed E-state index contributed by atoms with van der Waals surface area (Å²) in [5.41, 5.74) is 0.115. The van der Waals surface area contributed by atoms with Crippen LogP contribution in [0, 0.1) is 0 Å². The summed E-state index contributed by atoms with van der Waals surface area (Å²) in [6.45, 7) is 0. The van der Waals surface area contributed by atoms with Crippen LogP contribution in [0.2, 0.25) is 0 Å². The second kappa shape index (κ2) is 3.85. The summed E-state index contributed by atoms with van der Waals surface area (Å²) >= 11 is 0. The summed E-state index contributed by atoms with van der Waals surface area (Å²) in [7, 11) is 0. The number of Topliss-reactive ketones (excluding diaryl/α,β-unsaturated/α-hetero) is 1. The molecule has 0 unspecified atom stereocenters. The highest BCUT2D eigenvalue weighted by atomic mass is 19.4. The van der Waals surface area contributed by atoms with Crippen LogP contribution >= 0.6 is 0 Å². The number of hydrogen-bond donors (Lipinski definition) is 1. The van der Waals surface area contributed by atoms with Gasteiger partial charge in [0, 0.05) is 10.8 Å². The van der Waals surface area contributed by atoms with Gasteiger partial charge in [0.05, 0.1) is 11.2 Å². The zero-order valence-electron chi connectivity index (χ0n) is 9.58. The number of alkyl halides is 3. The van der Waals surface area contributed by atoms with Crippen LogP contribution < -0.4 is 0 Å². The molecule has 0 aliphatic rings. The first kappa shape index (κ1) is 11.8. The number of nitrogens with one attached hydrogen (secondary N) is 1. The van der Waals surface area contributed by atoms with Crippen LogP contribution in [0.4, 0.5) is 13.2 Å². The molecule has 3 aromatic rings. The molecule has 0 spiro atoms. The van der Waals surface area contributed by atoms with Gasteiger partial charge in [-0.05, 0) is 11.5 Å². The third kappa shape index (κ3) is 1.87. The standard InChI is InChI=1S/C14H8F3NO/c15-14(16,17)13(19)11-7-9-6-5-8-3-1-2-4-10(8)12(9)18-11/h1-7,18H. The third-order valence-electron chi connectivity index (χ3n) is 3.02. The summed E-state index contributed by atoms with van der Waals surface area (Å²) in [6.07, 6.45) is -4.86. The first-order chi connectivity index (χ1) is 8.97. The van der Waals surface area contributed by atoms with Gasteiger partial charge in [-0.1, -0.05) is 36.4 Å². The summed E-state index contributed by atoms with van der Waals surface area (Å²) < 4.78 is 37.2. The average Bonchev–Trinajstić information content (AvgIpc) is 2.80. The van der Waals surface area contributed by atoms with Crippen molar-refractivity contribution in [2.45, 2.75) is 6.18 Å². The van der Waals surface area contributed by atoms with Gasteiger partial charge in [-0.25, -0.2) is 0 Å². The molecule has 0 amide bonds. The summed E-state index contributed by atoms with van der Waals surface area (Å²) in [4.78, 5) is 13.8. The van der Waals surface area contributed by atoms with Crippen LogP contribution in [0.1, 0.15) is 10.5 Å². The number of fused-ring (bicyclic) bond motifs is 3. The van der Waals surface area contributed by atoms with Crippen LogP contribution in [0.3, 0.4) is 0 Å². The molecule has 19 heavy (non-hydrogen) atoms. The van der Waals surface area contributed by atoms with E-state index in [0.29, 0.717) is 10.9 Å². The minimum absolute atomic E-state index is 0.432. The Labute approximate surface area is 105 Å². The molecular weight excluding hydrogens is 255 g/mol. The van der Waals surface area contributed by atoms with Crippen LogP contribution in [-0.2, 0) is 0 Å². The largest absolute Gasteiger partial charge is 0.456 e. The molecule has 0 aliphatic heterocycles. The van der Waals surface area contributed by atoms with E-state index in [1.807, 2.05) is 18.2 Å². The van der Waals surface area contributed by atoms with Crippen molar-refractivity contribution >= 4 is 27.5 Å². The Balaban J connectivity index is 2.26. The first-order valence-corrected chi connectivity index (χ1v) is 5.59. The van der Waals surface area contributed by atoms with Crippen molar-refractivity contribution in [2.75, 3.05) is 0 Å². The fraction of sp³-hybridized carbons (Fsp3) is 0.0714. The van der Waals surface area contributed by atoms with Crippen molar-refractivity contribution in [1.82, 2.24) is 4.98 Å². The van der Waals surface area contributed by atoms with Gasteiger partial charge in [-0.15, -0.1) is 0 Å². The molecule has 5 heteroatoms. The quantitative estimate of drug-likeness (QED) is 0.660. The Hall–Kier alpha value is -2.30. The van der Waals surface area contributed by atoms with Gasteiger partial charge in [0.1, 0.15) is 0 Å². The number of halogens is 3. The highest BCUT2D eigenvalue weighted by Gasteiger charge is 2.40. The molecule has 3 rings (SSSR count). The monoisotopic (exact) mass is 263 g/mol. The molecule has 2 aromatic carbocycles. The van der Waals surface area contributed by atoms with E-state index >= 15 is 0 Å². The second-order valence-corrected chi connectivity index (χ2v) is 4.26. The van der Waals surface area contributed by atoms with Gasteiger partial charge in [0.25, 0.3) is 5.78 Å². The highest BCUT2D eigenvalue weighted by molar-refractivity contribution is 6.10.